The number of nitrogens with zero attached hydrogens (tertiary/aromatic N) is 3. The average molecular weight is 464 g/mol. The Labute approximate surface area is 186 Å². The molecule has 0 bridgehead atoms. The molecule has 1 fully saturated rings. The van der Waals surface area contributed by atoms with E-state index in [4.69, 9.17) is 4.74 Å². The second kappa shape index (κ2) is 8.44. The number of likely N-dealkylation sites (tertiary alicyclic amines) is 1. The number of aromatic nitrogens is 2. The molecular weight excluding hydrogens is 436 g/mol. The first-order valence-electron chi connectivity index (χ1n) is 10.6. The van der Waals surface area contributed by atoms with Gasteiger partial charge in [0, 0.05) is 36.8 Å². The molecule has 0 unspecified atom stereocenters. The zero-order valence-corrected chi connectivity index (χ0v) is 19.1. The maximum absolute atomic E-state index is 14.2. The molecule has 32 heavy (non-hydrogen) atoms. The first kappa shape index (κ1) is 22.7. The van der Waals surface area contributed by atoms with E-state index in [0.717, 1.165) is 10.9 Å². The van der Waals surface area contributed by atoms with Crippen LogP contribution in [0, 0.1) is 5.92 Å². The van der Waals surface area contributed by atoms with E-state index in [1.165, 1.54) is 25.0 Å². The molecule has 3 heterocycles. The summed E-state index contributed by atoms with van der Waals surface area (Å²) in [6, 6.07) is 7.68. The van der Waals surface area contributed by atoms with Crippen molar-refractivity contribution in [3.63, 3.8) is 0 Å². The lowest BCUT2D eigenvalue weighted by Crippen LogP contribution is -2.50. The van der Waals surface area contributed by atoms with Crippen molar-refractivity contribution in [2.24, 2.45) is 5.92 Å². The van der Waals surface area contributed by atoms with Crippen molar-refractivity contribution < 1.29 is 21.9 Å². The lowest BCUT2D eigenvalue weighted by Gasteiger charge is -2.38. The van der Waals surface area contributed by atoms with Crippen molar-refractivity contribution in [2.45, 2.75) is 43.7 Å². The Hall–Kier alpha value is -2.52. The van der Waals surface area contributed by atoms with Crippen LogP contribution in [0.1, 0.15) is 26.7 Å². The Morgan fingerprint density at radius 3 is 2.44 bits per heavy atom. The largest absolute Gasteiger partial charge is 0.489 e. The van der Waals surface area contributed by atoms with Crippen molar-refractivity contribution in [1.29, 1.82) is 0 Å². The Balaban J connectivity index is 1.43. The van der Waals surface area contributed by atoms with E-state index in [1.807, 2.05) is 29.0 Å². The smallest absolute Gasteiger partial charge is 0.307 e. The van der Waals surface area contributed by atoms with Crippen molar-refractivity contribution in [3.8, 4) is 11.6 Å². The summed E-state index contributed by atoms with van der Waals surface area (Å²) in [5, 5.41) is 0.806. The highest BCUT2D eigenvalue weighted by atomic mass is 32.2. The van der Waals surface area contributed by atoms with Crippen LogP contribution in [0.3, 0.4) is 0 Å². The molecule has 2 aromatic heterocycles. The lowest BCUT2D eigenvalue weighted by atomic mass is 10.0. The van der Waals surface area contributed by atoms with Crippen LogP contribution in [0.2, 0.25) is 0 Å². The summed E-state index contributed by atoms with van der Waals surface area (Å²) < 4.78 is 59.8. The normalized spacial score (nSPS) is 16.7. The molecule has 0 radical (unpaired) electrons. The summed E-state index contributed by atoms with van der Waals surface area (Å²) in [6.07, 6.45) is 5.60. The van der Waals surface area contributed by atoms with Crippen LogP contribution in [0.4, 0.5) is 8.78 Å². The third-order valence-electron chi connectivity index (χ3n) is 5.92. The van der Waals surface area contributed by atoms with Gasteiger partial charge in [-0.05, 0) is 49.2 Å². The van der Waals surface area contributed by atoms with Crippen molar-refractivity contribution in [3.05, 3.63) is 48.8 Å². The van der Waals surface area contributed by atoms with Gasteiger partial charge in [-0.1, -0.05) is 13.8 Å². The van der Waals surface area contributed by atoms with Crippen LogP contribution in [-0.4, -0.2) is 54.4 Å². The summed E-state index contributed by atoms with van der Waals surface area (Å²) in [7, 11) is -3.27. The highest BCUT2D eigenvalue weighted by molar-refractivity contribution is 7.90. The van der Waals surface area contributed by atoms with Gasteiger partial charge in [-0.15, -0.1) is 0 Å². The molecule has 172 valence electrons. The SMILES string of the molecule is CC(C)C(F)(F)N1CCC(Oc2ccc(-n3ccc4cc(S(C)(=O)=O)ccc43)nc2)CC1. The zero-order chi connectivity index (χ0) is 23.1. The van der Waals surface area contributed by atoms with Crippen LogP contribution < -0.4 is 4.74 Å². The predicted molar refractivity (Wildman–Crippen MR) is 119 cm³/mol. The van der Waals surface area contributed by atoms with E-state index in [-0.39, 0.29) is 11.0 Å². The first-order valence-corrected chi connectivity index (χ1v) is 12.5. The second-order valence-corrected chi connectivity index (χ2v) is 10.6. The number of benzene rings is 1. The summed E-state index contributed by atoms with van der Waals surface area (Å²) in [5.41, 5.74) is 0.844. The molecule has 1 saturated heterocycles. The van der Waals surface area contributed by atoms with Gasteiger partial charge in [0.1, 0.15) is 17.7 Å². The maximum atomic E-state index is 14.2. The van der Waals surface area contributed by atoms with Gasteiger partial charge in [0.2, 0.25) is 0 Å². The molecule has 1 aliphatic heterocycles. The van der Waals surface area contributed by atoms with E-state index in [1.54, 1.807) is 24.4 Å². The molecule has 0 spiro atoms. The number of alkyl halides is 2. The zero-order valence-electron chi connectivity index (χ0n) is 18.3. The molecule has 6 nitrogen and oxygen atoms in total. The van der Waals surface area contributed by atoms with Gasteiger partial charge in [-0.3, -0.25) is 0 Å². The average Bonchev–Trinajstić information content (AvgIpc) is 3.17. The maximum Gasteiger partial charge on any atom is 0.307 e. The fraction of sp³-hybridized carbons (Fsp3) is 0.435. The Bertz CT molecular complexity index is 1200. The Morgan fingerprint density at radius 1 is 1.12 bits per heavy atom. The third kappa shape index (κ3) is 4.49. The molecule has 0 amide bonds. The number of piperidine rings is 1. The number of fused-ring (bicyclic) bond motifs is 1. The minimum atomic E-state index is -3.27. The van der Waals surface area contributed by atoms with Crippen molar-refractivity contribution in [2.75, 3.05) is 19.3 Å². The fourth-order valence-corrected chi connectivity index (χ4v) is 4.62. The Kier molecular flexibility index (Phi) is 5.98. The molecule has 0 N–H and O–H groups in total. The minimum absolute atomic E-state index is 0.122. The molecule has 0 saturated carbocycles. The number of pyridine rings is 1. The molecule has 0 aliphatic carbocycles. The van der Waals surface area contributed by atoms with Gasteiger partial charge in [0.15, 0.2) is 9.84 Å². The topological polar surface area (TPSA) is 64.4 Å². The van der Waals surface area contributed by atoms with Crippen LogP contribution in [0.25, 0.3) is 16.7 Å². The second-order valence-electron chi connectivity index (χ2n) is 8.58. The molecule has 1 aliphatic rings. The lowest BCUT2D eigenvalue weighted by molar-refractivity contribution is -0.188. The van der Waals surface area contributed by atoms with E-state index >= 15 is 0 Å². The van der Waals surface area contributed by atoms with Gasteiger partial charge >= 0.3 is 6.05 Å². The summed E-state index contributed by atoms with van der Waals surface area (Å²) in [4.78, 5) is 5.99. The van der Waals surface area contributed by atoms with Crippen LogP contribution in [0.5, 0.6) is 5.75 Å². The Morgan fingerprint density at radius 2 is 1.84 bits per heavy atom. The van der Waals surface area contributed by atoms with Gasteiger partial charge in [0.25, 0.3) is 0 Å². The first-order chi connectivity index (χ1) is 15.1. The molecule has 0 atom stereocenters. The molecule has 3 aromatic rings. The molecular formula is C23H27F2N3O3S. The number of hydrogen-bond acceptors (Lipinski definition) is 5. The number of halogens is 2. The van der Waals surface area contributed by atoms with Gasteiger partial charge in [-0.25, -0.2) is 18.3 Å². The van der Waals surface area contributed by atoms with Crippen LogP contribution in [0.15, 0.2) is 53.7 Å². The number of sulfone groups is 1. The molecule has 1 aromatic carbocycles. The van der Waals surface area contributed by atoms with Crippen molar-refractivity contribution in [1.82, 2.24) is 14.5 Å². The summed E-state index contributed by atoms with van der Waals surface area (Å²) in [5.74, 6) is 0.545. The van der Waals surface area contributed by atoms with Crippen LogP contribution in [-0.2, 0) is 9.84 Å². The third-order valence-corrected chi connectivity index (χ3v) is 7.03. The summed E-state index contributed by atoms with van der Waals surface area (Å²) >= 11 is 0. The minimum Gasteiger partial charge on any atom is -0.489 e. The van der Waals surface area contributed by atoms with Crippen molar-refractivity contribution >= 4 is 20.7 Å². The van der Waals surface area contributed by atoms with E-state index in [9.17, 15) is 17.2 Å². The quantitative estimate of drug-likeness (QED) is 0.503. The monoisotopic (exact) mass is 463 g/mol. The van der Waals surface area contributed by atoms with Gasteiger partial charge < -0.3 is 9.30 Å². The van der Waals surface area contributed by atoms with E-state index in [0.29, 0.717) is 37.5 Å². The van der Waals surface area contributed by atoms with Crippen LogP contribution >= 0.6 is 0 Å². The highest BCUT2D eigenvalue weighted by Crippen LogP contribution is 2.32. The summed E-state index contributed by atoms with van der Waals surface area (Å²) in [6.45, 7) is 3.67. The predicted octanol–water partition coefficient (Wildman–Crippen LogP) is 4.52. The molecule has 9 heteroatoms. The standard InChI is InChI=1S/C23H27F2N3O3S/c1-16(2)23(24,25)27-11-9-18(10-12-27)31-19-4-7-22(26-15-19)28-13-8-17-14-20(32(3,29)30)5-6-21(17)28/h4-8,13-16,18H,9-12H2,1-3H3. The number of ether oxygens (including phenoxy) is 1. The number of hydrogen-bond donors (Lipinski definition) is 0. The van der Waals surface area contributed by atoms with Gasteiger partial charge in [-0.2, -0.15) is 8.78 Å². The highest BCUT2D eigenvalue weighted by Gasteiger charge is 2.42. The fourth-order valence-electron chi connectivity index (χ4n) is 3.97. The molecule has 4 rings (SSSR count). The van der Waals surface area contributed by atoms with Gasteiger partial charge in [0.05, 0.1) is 16.6 Å². The van der Waals surface area contributed by atoms with E-state index < -0.39 is 21.8 Å². The van der Waals surface area contributed by atoms with E-state index in [2.05, 4.69) is 4.98 Å². The number of rotatable bonds is 6.